The third-order valence-electron chi connectivity index (χ3n) is 5.59. The van der Waals surface area contributed by atoms with Gasteiger partial charge in [-0.05, 0) is 44.0 Å². The number of aromatic nitrogens is 3. The molecule has 2 aliphatic rings. The summed E-state index contributed by atoms with van der Waals surface area (Å²) >= 11 is 7.56. The monoisotopic (exact) mass is 448 g/mol. The fraction of sp³-hybridized carbons (Fsp3) is 0.524. The molecule has 2 aromatic rings. The van der Waals surface area contributed by atoms with Crippen molar-refractivity contribution in [1.82, 2.24) is 19.7 Å². The Balaban J connectivity index is 1.64. The van der Waals surface area contributed by atoms with Gasteiger partial charge in [0, 0.05) is 18.0 Å². The number of nitrogens with zero attached hydrogens (tertiary/aromatic N) is 4. The number of carbonyl (C=O) groups excluding carboxylic acids is 2. The van der Waals surface area contributed by atoms with E-state index in [-0.39, 0.29) is 29.1 Å². The molecule has 160 valence electrons. The molecule has 0 aliphatic carbocycles. The highest BCUT2D eigenvalue weighted by Crippen LogP contribution is 2.42. The minimum absolute atomic E-state index is 0.0691. The Kier molecular flexibility index (Phi) is 6.46. The number of halogens is 1. The zero-order valence-electron chi connectivity index (χ0n) is 17.1. The van der Waals surface area contributed by atoms with Gasteiger partial charge in [0.15, 0.2) is 11.0 Å². The highest BCUT2D eigenvalue weighted by Gasteiger charge is 2.44. The van der Waals surface area contributed by atoms with Gasteiger partial charge in [-0.1, -0.05) is 42.4 Å². The van der Waals surface area contributed by atoms with Crippen LogP contribution in [0.4, 0.5) is 0 Å². The van der Waals surface area contributed by atoms with Crippen molar-refractivity contribution in [2.75, 3.05) is 19.7 Å². The van der Waals surface area contributed by atoms with E-state index in [0.717, 1.165) is 24.9 Å². The van der Waals surface area contributed by atoms with Crippen molar-refractivity contribution in [3.05, 3.63) is 40.7 Å². The number of aryl methyl sites for hydroxylation is 1. The van der Waals surface area contributed by atoms with E-state index in [0.29, 0.717) is 35.6 Å². The van der Waals surface area contributed by atoms with Crippen LogP contribution in [-0.4, -0.2) is 56.5 Å². The highest BCUT2D eigenvalue weighted by atomic mass is 35.5. The summed E-state index contributed by atoms with van der Waals surface area (Å²) in [6.07, 6.45) is 2.37. The lowest BCUT2D eigenvalue weighted by Gasteiger charge is -2.39. The molecule has 7 nitrogen and oxygen atoms in total. The van der Waals surface area contributed by atoms with Gasteiger partial charge in [0.1, 0.15) is 5.25 Å². The molecule has 3 atom stereocenters. The average molecular weight is 449 g/mol. The predicted molar refractivity (Wildman–Crippen MR) is 115 cm³/mol. The maximum atomic E-state index is 13.3. The molecule has 1 fully saturated rings. The van der Waals surface area contributed by atoms with Crippen molar-refractivity contribution in [1.29, 1.82) is 0 Å². The number of hydrogen-bond donors (Lipinski definition) is 0. The molecule has 3 unspecified atom stereocenters. The molecular formula is C21H25ClN4O3S. The molecule has 4 rings (SSSR count). The molecular weight excluding hydrogens is 424 g/mol. The second-order valence-electron chi connectivity index (χ2n) is 7.54. The number of piperidine rings is 1. The molecule has 3 heterocycles. The first-order valence-electron chi connectivity index (χ1n) is 10.3. The quantitative estimate of drug-likeness (QED) is 0.624. The SMILES string of the molecule is CCOC(=O)C1CCCN(C(c2ccc(Cl)cc2)C2Sc3nc(CC)nn3C2=O)C1. The van der Waals surface area contributed by atoms with Crippen LogP contribution >= 0.6 is 23.4 Å². The number of fused-ring (bicyclic) bond motifs is 1. The van der Waals surface area contributed by atoms with Gasteiger partial charge >= 0.3 is 5.97 Å². The van der Waals surface area contributed by atoms with E-state index in [1.807, 2.05) is 38.1 Å². The standard InChI is InChI=1S/C21H25ClN4O3S/c1-3-16-23-21-26(24-16)19(27)18(30-21)17(13-7-9-15(22)10-8-13)25-11-5-6-14(12-25)20(28)29-4-2/h7-10,14,17-18H,3-6,11-12H2,1-2H3. The maximum Gasteiger partial charge on any atom is 0.310 e. The fourth-order valence-corrected chi connectivity index (χ4v) is 5.54. The van der Waals surface area contributed by atoms with Crippen molar-refractivity contribution in [3.8, 4) is 0 Å². The van der Waals surface area contributed by atoms with Gasteiger partial charge in [0.2, 0.25) is 0 Å². The lowest BCUT2D eigenvalue weighted by Crippen LogP contribution is -2.46. The zero-order chi connectivity index (χ0) is 21.3. The van der Waals surface area contributed by atoms with Crippen LogP contribution in [0.3, 0.4) is 0 Å². The second-order valence-corrected chi connectivity index (χ2v) is 9.08. The average Bonchev–Trinajstić information content (AvgIpc) is 3.29. The molecule has 1 aromatic carbocycles. The molecule has 0 spiro atoms. The normalized spacial score (nSPS) is 22.7. The summed E-state index contributed by atoms with van der Waals surface area (Å²) in [6.45, 7) is 5.54. The van der Waals surface area contributed by atoms with E-state index >= 15 is 0 Å². The number of benzene rings is 1. The molecule has 30 heavy (non-hydrogen) atoms. The molecule has 0 amide bonds. The Morgan fingerprint density at radius 2 is 2.10 bits per heavy atom. The summed E-state index contributed by atoms with van der Waals surface area (Å²) in [5.74, 6) is 0.259. The smallest absolute Gasteiger partial charge is 0.310 e. The Hall–Kier alpha value is -1.90. The molecule has 9 heteroatoms. The van der Waals surface area contributed by atoms with Crippen LogP contribution in [0.5, 0.6) is 0 Å². The number of ether oxygens (including phenoxy) is 1. The summed E-state index contributed by atoms with van der Waals surface area (Å²) in [5.41, 5.74) is 0.997. The lowest BCUT2D eigenvalue weighted by molar-refractivity contribution is -0.150. The topological polar surface area (TPSA) is 77.3 Å². The molecule has 0 radical (unpaired) electrons. The Bertz CT molecular complexity index is 933. The van der Waals surface area contributed by atoms with Crippen LogP contribution in [0.15, 0.2) is 29.4 Å². The van der Waals surface area contributed by atoms with Gasteiger partial charge in [0.05, 0.1) is 18.6 Å². The predicted octanol–water partition coefficient (Wildman–Crippen LogP) is 3.62. The lowest BCUT2D eigenvalue weighted by atomic mass is 9.93. The second kappa shape index (κ2) is 9.08. The molecule has 0 N–H and O–H groups in total. The van der Waals surface area contributed by atoms with Crippen LogP contribution in [-0.2, 0) is 16.0 Å². The Morgan fingerprint density at radius 1 is 1.33 bits per heavy atom. The summed E-state index contributed by atoms with van der Waals surface area (Å²) in [5, 5.41) is 5.27. The van der Waals surface area contributed by atoms with Gasteiger partial charge in [-0.3, -0.25) is 14.5 Å². The largest absolute Gasteiger partial charge is 0.466 e. The van der Waals surface area contributed by atoms with E-state index in [1.54, 1.807) is 0 Å². The number of carbonyl (C=O) groups is 2. The summed E-state index contributed by atoms with van der Waals surface area (Å²) < 4.78 is 6.70. The van der Waals surface area contributed by atoms with Gasteiger partial charge in [-0.15, -0.1) is 5.10 Å². The van der Waals surface area contributed by atoms with Crippen molar-refractivity contribution in [3.63, 3.8) is 0 Å². The molecule has 1 aromatic heterocycles. The van der Waals surface area contributed by atoms with Crippen LogP contribution in [0.1, 0.15) is 48.9 Å². The number of hydrogen-bond acceptors (Lipinski definition) is 7. The molecule has 0 bridgehead atoms. The number of likely N-dealkylation sites (tertiary alicyclic amines) is 1. The molecule has 1 saturated heterocycles. The van der Waals surface area contributed by atoms with E-state index in [9.17, 15) is 9.59 Å². The number of rotatable bonds is 6. The minimum Gasteiger partial charge on any atom is -0.466 e. The third kappa shape index (κ3) is 4.13. The highest BCUT2D eigenvalue weighted by molar-refractivity contribution is 8.00. The summed E-state index contributed by atoms with van der Waals surface area (Å²) in [7, 11) is 0. The minimum atomic E-state index is -0.381. The van der Waals surface area contributed by atoms with Crippen molar-refractivity contribution >= 4 is 35.2 Å². The van der Waals surface area contributed by atoms with E-state index < -0.39 is 0 Å². The van der Waals surface area contributed by atoms with Crippen LogP contribution in [0.2, 0.25) is 5.02 Å². The van der Waals surface area contributed by atoms with Crippen LogP contribution in [0, 0.1) is 5.92 Å². The number of esters is 1. The first kappa shape index (κ1) is 21.3. The van der Waals surface area contributed by atoms with Gasteiger partial charge in [-0.2, -0.15) is 4.68 Å². The van der Waals surface area contributed by atoms with Crippen molar-refractivity contribution in [2.45, 2.75) is 49.6 Å². The van der Waals surface area contributed by atoms with Crippen molar-refractivity contribution in [2.24, 2.45) is 5.92 Å². The van der Waals surface area contributed by atoms with Crippen molar-refractivity contribution < 1.29 is 14.3 Å². The third-order valence-corrected chi connectivity index (χ3v) is 7.03. The fourth-order valence-electron chi connectivity index (χ4n) is 4.14. The van der Waals surface area contributed by atoms with E-state index in [2.05, 4.69) is 15.0 Å². The van der Waals surface area contributed by atoms with Crippen LogP contribution < -0.4 is 0 Å². The van der Waals surface area contributed by atoms with E-state index in [4.69, 9.17) is 16.3 Å². The van der Waals surface area contributed by atoms with Crippen LogP contribution in [0.25, 0.3) is 0 Å². The van der Waals surface area contributed by atoms with Gasteiger partial charge in [0.25, 0.3) is 5.91 Å². The van der Waals surface area contributed by atoms with E-state index in [1.165, 1.54) is 16.4 Å². The first-order chi connectivity index (χ1) is 14.5. The Labute approximate surface area is 185 Å². The number of thioether (sulfide) groups is 1. The summed E-state index contributed by atoms with van der Waals surface area (Å²) in [4.78, 5) is 32.4. The van der Waals surface area contributed by atoms with Gasteiger partial charge < -0.3 is 4.74 Å². The molecule has 2 aliphatic heterocycles. The Morgan fingerprint density at radius 3 is 2.77 bits per heavy atom. The maximum absolute atomic E-state index is 13.3. The van der Waals surface area contributed by atoms with Gasteiger partial charge in [-0.25, -0.2) is 4.98 Å². The molecule has 0 saturated carbocycles. The zero-order valence-corrected chi connectivity index (χ0v) is 18.7. The first-order valence-corrected chi connectivity index (χ1v) is 11.6. The summed E-state index contributed by atoms with van der Waals surface area (Å²) in [6, 6.07) is 7.40.